The van der Waals surface area contributed by atoms with Gasteiger partial charge in [-0.3, -0.25) is 4.90 Å². The second-order valence-electron chi connectivity index (χ2n) is 6.54. The zero-order valence-electron chi connectivity index (χ0n) is 14.8. The Balaban J connectivity index is 1.44. The first-order valence-corrected chi connectivity index (χ1v) is 8.81. The van der Waals surface area contributed by atoms with E-state index in [4.69, 9.17) is 0 Å². The summed E-state index contributed by atoms with van der Waals surface area (Å²) >= 11 is 0. The predicted molar refractivity (Wildman–Crippen MR) is 100 cm³/mol. The third kappa shape index (κ3) is 4.79. The summed E-state index contributed by atoms with van der Waals surface area (Å²) in [5, 5.41) is 9.23. The molecule has 25 heavy (non-hydrogen) atoms. The maximum atomic E-state index is 9.23. The van der Waals surface area contributed by atoms with Crippen molar-refractivity contribution in [2.24, 2.45) is 0 Å². The van der Waals surface area contributed by atoms with E-state index < -0.39 is 0 Å². The molecule has 1 fully saturated rings. The van der Waals surface area contributed by atoms with Gasteiger partial charge in [-0.2, -0.15) is 5.26 Å². The van der Waals surface area contributed by atoms with Gasteiger partial charge < -0.3 is 9.80 Å². The molecule has 5 nitrogen and oxygen atoms in total. The van der Waals surface area contributed by atoms with Crippen LogP contribution in [0, 0.1) is 11.3 Å². The van der Waals surface area contributed by atoms with E-state index >= 15 is 0 Å². The summed E-state index contributed by atoms with van der Waals surface area (Å²) in [6.07, 6.45) is 1.76. The molecule has 0 spiro atoms. The van der Waals surface area contributed by atoms with Crippen LogP contribution in [0.15, 0.2) is 48.7 Å². The van der Waals surface area contributed by atoms with Crippen LogP contribution in [0.4, 0.5) is 5.82 Å². The van der Waals surface area contributed by atoms with Crippen molar-refractivity contribution in [2.75, 3.05) is 51.2 Å². The lowest BCUT2D eigenvalue weighted by atomic mass is 10.2. The molecule has 1 aliphatic rings. The molecule has 0 bridgehead atoms. The number of pyridine rings is 1. The predicted octanol–water partition coefficient (Wildman–Crippen LogP) is 2.21. The second kappa shape index (κ2) is 8.61. The van der Waals surface area contributed by atoms with Crippen LogP contribution in [-0.2, 0) is 6.54 Å². The van der Waals surface area contributed by atoms with Crippen LogP contribution in [0.1, 0.15) is 11.1 Å². The Morgan fingerprint density at radius 3 is 2.56 bits per heavy atom. The van der Waals surface area contributed by atoms with Gasteiger partial charge in [0.1, 0.15) is 11.9 Å². The minimum atomic E-state index is 0.665. The minimum Gasteiger partial charge on any atom is -0.353 e. The minimum absolute atomic E-state index is 0.665. The summed E-state index contributed by atoms with van der Waals surface area (Å²) in [5.41, 5.74) is 2.02. The van der Waals surface area contributed by atoms with Crippen molar-refractivity contribution < 1.29 is 0 Å². The topological polar surface area (TPSA) is 46.4 Å². The van der Waals surface area contributed by atoms with E-state index in [2.05, 4.69) is 63.1 Å². The molecule has 2 aromatic rings. The molecule has 0 aliphatic carbocycles. The van der Waals surface area contributed by atoms with E-state index in [1.54, 1.807) is 6.20 Å². The Kier molecular flexibility index (Phi) is 5.99. The summed E-state index contributed by atoms with van der Waals surface area (Å²) in [5.74, 6) is 0.825. The summed E-state index contributed by atoms with van der Waals surface area (Å²) in [4.78, 5) is 11.5. The molecule has 0 saturated carbocycles. The molecule has 1 saturated heterocycles. The monoisotopic (exact) mass is 335 g/mol. The third-order valence-corrected chi connectivity index (χ3v) is 4.67. The van der Waals surface area contributed by atoms with Gasteiger partial charge in [-0.05, 0) is 24.7 Å². The van der Waals surface area contributed by atoms with E-state index in [0.29, 0.717) is 5.56 Å². The molecule has 2 heterocycles. The fraction of sp³-hybridized carbons (Fsp3) is 0.400. The van der Waals surface area contributed by atoms with E-state index in [0.717, 1.165) is 51.6 Å². The third-order valence-electron chi connectivity index (χ3n) is 4.67. The first-order chi connectivity index (χ1) is 12.3. The lowest BCUT2D eigenvalue weighted by Gasteiger charge is -2.36. The van der Waals surface area contributed by atoms with Gasteiger partial charge in [-0.25, -0.2) is 4.98 Å². The number of hydrogen-bond donors (Lipinski definition) is 0. The standard InChI is InChI=1S/C20H25N5/c1-23(17-18-6-3-2-4-7-18)10-11-24-12-14-25(15-13-24)20-19(16-21)8-5-9-22-20/h2-9H,10-15,17H2,1H3. The first-order valence-electron chi connectivity index (χ1n) is 8.81. The van der Waals surface area contributed by atoms with Crippen molar-refractivity contribution in [3.8, 4) is 6.07 Å². The number of rotatable bonds is 6. The van der Waals surface area contributed by atoms with Gasteiger partial charge in [0.2, 0.25) is 0 Å². The smallest absolute Gasteiger partial charge is 0.146 e. The number of piperazine rings is 1. The molecule has 0 unspecified atom stereocenters. The Morgan fingerprint density at radius 2 is 1.84 bits per heavy atom. The number of nitrogens with zero attached hydrogens (tertiary/aromatic N) is 5. The average Bonchev–Trinajstić information content (AvgIpc) is 2.67. The molecule has 0 radical (unpaired) electrons. The molecule has 1 aromatic heterocycles. The highest BCUT2D eigenvalue weighted by Gasteiger charge is 2.20. The van der Waals surface area contributed by atoms with Gasteiger partial charge in [0.15, 0.2) is 0 Å². The molecule has 1 aliphatic heterocycles. The summed E-state index contributed by atoms with van der Waals surface area (Å²) in [6, 6.07) is 16.5. The molecule has 1 aromatic carbocycles. The van der Waals surface area contributed by atoms with Crippen LogP contribution in [0.25, 0.3) is 0 Å². The van der Waals surface area contributed by atoms with Crippen LogP contribution in [0.5, 0.6) is 0 Å². The number of nitriles is 1. The molecule has 0 N–H and O–H groups in total. The van der Waals surface area contributed by atoms with Crippen molar-refractivity contribution in [1.29, 1.82) is 5.26 Å². The first kappa shape index (κ1) is 17.4. The van der Waals surface area contributed by atoms with E-state index in [1.807, 2.05) is 12.1 Å². The SMILES string of the molecule is CN(CCN1CCN(c2ncccc2C#N)CC1)Cc1ccccc1. The second-order valence-corrected chi connectivity index (χ2v) is 6.54. The Morgan fingerprint density at radius 1 is 1.08 bits per heavy atom. The normalized spacial score (nSPS) is 15.3. The van der Waals surface area contributed by atoms with Gasteiger partial charge >= 0.3 is 0 Å². The fourth-order valence-corrected chi connectivity index (χ4v) is 3.21. The highest BCUT2D eigenvalue weighted by atomic mass is 15.3. The lowest BCUT2D eigenvalue weighted by Crippen LogP contribution is -2.48. The van der Waals surface area contributed by atoms with Crippen LogP contribution in [0.2, 0.25) is 0 Å². The molecule has 0 amide bonds. The van der Waals surface area contributed by atoms with E-state index in [-0.39, 0.29) is 0 Å². The van der Waals surface area contributed by atoms with Crippen molar-refractivity contribution in [3.05, 3.63) is 59.8 Å². The summed E-state index contributed by atoms with van der Waals surface area (Å²) < 4.78 is 0. The highest BCUT2D eigenvalue weighted by Crippen LogP contribution is 2.17. The highest BCUT2D eigenvalue weighted by molar-refractivity contribution is 5.53. The molecule has 5 heteroatoms. The fourth-order valence-electron chi connectivity index (χ4n) is 3.21. The zero-order valence-corrected chi connectivity index (χ0v) is 14.8. The van der Waals surface area contributed by atoms with Crippen molar-refractivity contribution in [2.45, 2.75) is 6.54 Å². The van der Waals surface area contributed by atoms with Crippen molar-refractivity contribution in [1.82, 2.24) is 14.8 Å². The Hall–Kier alpha value is -2.42. The number of benzene rings is 1. The average molecular weight is 335 g/mol. The largest absolute Gasteiger partial charge is 0.353 e. The molecular weight excluding hydrogens is 310 g/mol. The maximum absolute atomic E-state index is 9.23. The van der Waals surface area contributed by atoms with Crippen LogP contribution < -0.4 is 4.90 Å². The summed E-state index contributed by atoms with van der Waals surface area (Å²) in [7, 11) is 2.18. The van der Waals surface area contributed by atoms with Gasteiger partial charge in [0.25, 0.3) is 0 Å². The summed E-state index contributed by atoms with van der Waals surface area (Å²) in [6.45, 7) is 7.00. The van der Waals surface area contributed by atoms with Gasteiger partial charge in [0, 0.05) is 52.0 Å². The van der Waals surface area contributed by atoms with Crippen molar-refractivity contribution >= 4 is 5.82 Å². The Bertz CT molecular complexity index is 702. The number of aromatic nitrogens is 1. The number of likely N-dealkylation sites (N-methyl/N-ethyl adjacent to an activating group) is 1. The van der Waals surface area contributed by atoms with Gasteiger partial charge in [0.05, 0.1) is 5.56 Å². The van der Waals surface area contributed by atoms with Crippen molar-refractivity contribution in [3.63, 3.8) is 0 Å². The van der Waals surface area contributed by atoms with E-state index in [9.17, 15) is 5.26 Å². The Labute approximate surface area is 150 Å². The number of hydrogen-bond acceptors (Lipinski definition) is 5. The van der Waals surface area contributed by atoms with E-state index in [1.165, 1.54) is 5.56 Å². The molecular formula is C20H25N5. The van der Waals surface area contributed by atoms with Crippen LogP contribution >= 0.6 is 0 Å². The lowest BCUT2D eigenvalue weighted by molar-refractivity contribution is 0.212. The van der Waals surface area contributed by atoms with Gasteiger partial charge in [-0.15, -0.1) is 0 Å². The quantitative estimate of drug-likeness (QED) is 0.810. The zero-order chi connectivity index (χ0) is 17.5. The van der Waals surface area contributed by atoms with Crippen LogP contribution in [0.3, 0.4) is 0 Å². The molecule has 3 rings (SSSR count). The number of anilines is 1. The van der Waals surface area contributed by atoms with Crippen LogP contribution in [-0.4, -0.2) is 61.1 Å². The molecule has 130 valence electrons. The van der Waals surface area contributed by atoms with Gasteiger partial charge in [-0.1, -0.05) is 30.3 Å². The maximum Gasteiger partial charge on any atom is 0.146 e. The molecule has 0 atom stereocenters.